The summed E-state index contributed by atoms with van der Waals surface area (Å²) in [7, 11) is 0. The first-order valence-corrected chi connectivity index (χ1v) is 10.4. The topological polar surface area (TPSA) is 90.8 Å². The lowest BCUT2D eigenvalue weighted by Gasteiger charge is -2.16. The number of halogens is 2. The smallest absolute Gasteiger partial charge is 0.296 e. The van der Waals surface area contributed by atoms with Gasteiger partial charge in [0.25, 0.3) is 5.92 Å². The van der Waals surface area contributed by atoms with Gasteiger partial charge >= 0.3 is 0 Å². The first kappa shape index (κ1) is 24.7. The summed E-state index contributed by atoms with van der Waals surface area (Å²) in [6.45, 7) is 0.731. The van der Waals surface area contributed by atoms with Crippen LogP contribution in [0, 0.1) is 0 Å². The summed E-state index contributed by atoms with van der Waals surface area (Å²) in [5.74, 6) is -3.04. The van der Waals surface area contributed by atoms with E-state index in [1.807, 2.05) is 0 Å². The van der Waals surface area contributed by atoms with Crippen LogP contribution in [0.2, 0.25) is 0 Å². The number of hydrogen-bond acceptors (Lipinski definition) is 5. The number of rotatable bonds is 15. The van der Waals surface area contributed by atoms with E-state index in [1.54, 1.807) is 24.3 Å². The molecule has 0 aliphatic rings. The highest BCUT2D eigenvalue weighted by Gasteiger charge is 2.31. The van der Waals surface area contributed by atoms with Gasteiger partial charge in [-0.1, -0.05) is 49.2 Å². The van der Waals surface area contributed by atoms with Gasteiger partial charge in [0.15, 0.2) is 0 Å². The molecule has 1 atom stereocenters. The molecular formula is C23H30F2N2O4. The first-order valence-electron chi connectivity index (χ1n) is 10.4. The van der Waals surface area contributed by atoms with Crippen LogP contribution in [-0.2, 0) is 15.5 Å². The van der Waals surface area contributed by atoms with Gasteiger partial charge in [-0.25, -0.2) is 0 Å². The Labute approximate surface area is 181 Å². The number of nitrogens with one attached hydrogen (secondary N) is 2. The molecule has 31 heavy (non-hydrogen) atoms. The van der Waals surface area contributed by atoms with Crippen LogP contribution in [-0.4, -0.2) is 42.9 Å². The van der Waals surface area contributed by atoms with Crippen molar-refractivity contribution in [2.75, 3.05) is 31.6 Å². The van der Waals surface area contributed by atoms with Gasteiger partial charge in [-0.05, 0) is 37.1 Å². The highest BCUT2D eigenvalue weighted by atomic mass is 19.3. The Morgan fingerprint density at radius 3 is 2.55 bits per heavy atom. The molecule has 0 spiro atoms. The molecule has 0 saturated heterocycles. The van der Waals surface area contributed by atoms with Crippen LogP contribution in [0.1, 0.15) is 42.9 Å². The predicted octanol–water partition coefficient (Wildman–Crippen LogP) is 3.95. The molecule has 0 aromatic heterocycles. The largest absolute Gasteiger partial charge is 0.506 e. The molecule has 6 nitrogen and oxygen atoms in total. The van der Waals surface area contributed by atoms with Crippen LogP contribution in [0.4, 0.5) is 14.5 Å². The summed E-state index contributed by atoms with van der Waals surface area (Å²) < 4.78 is 33.1. The van der Waals surface area contributed by atoms with Crippen molar-refractivity contribution in [1.29, 1.82) is 0 Å². The normalized spacial score (nSPS) is 12.5. The van der Waals surface area contributed by atoms with Crippen LogP contribution in [0.3, 0.4) is 0 Å². The summed E-state index contributed by atoms with van der Waals surface area (Å²) in [6.07, 6.45) is 3.10. The molecule has 1 unspecified atom stereocenters. The van der Waals surface area contributed by atoms with Crippen molar-refractivity contribution in [3.8, 4) is 5.75 Å². The summed E-state index contributed by atoms with van der Waals surface area (Å²) in [6, 6.07) is 12.2. The lowest BCUT2D eigenvalue weighted by molar-refractivity contribution is -0.105. The van der Waals surface area contributed by atoms with Crippen molar-refractivity contribution < 1.29 is 28.5 Å². The van der Waals surface area contributed by atoms with E-state index in [0.717, 1.165) is 19.3 Å². The van der Waals surface area contributed by atoms with Gasteiger partial charge in [0.05, 0.1) is 11.8 Å². The molecular weight excluding hydrogens is 406 g/mol. The number of aromatic hydroxyl groups is 1. The van der Waals surface area contributed by atoms with Gasteiger partial charge in [-0.15, -0.1) is 0 Å². The number of carbonyl (C=O) groups excluding carboxylic acids is 1. The fraction of sp³-hybridized carbons (Fsp3) is 0.435. The number of phenolic OH excluding ortho intramolecular Hbond substituents is 1. The van der Waals surface area contributed by atoms with E-state index in [4.69, 9.17) is 4.74 Å². The third kappa shape index (κ3) is 8.61. The molecule has 8 heteroatoms. The minimum Gasteiger partial charge on any atom is -0.506 e. The number of carbonyl (C=O) groups is 1. The van der Waals surface area contributed by atoms with Crippen molar-refractivity contribution in [2.45, 2.75) is 37.7 Å². The zero-order valence-corrected chi connectivity index (χ0v) is 17.4. The van der Waals surface area contributed by atoms with Crippen LogP contribution in [0.25, 0.3) is 0 Å². The van der Waals surface area contributed by atoms with Gasteiger partial charge in [0.2, 0.25) is 6.41 Å². The zero-order valence-electron chi connectivity index (χ0n) is 17.4. The van der Waals surface area contributed by atoms with E-state index in [1.165, 1.54) is 24.3 Å². The molecule has 2 aromatic carbocycles. The molecule has 0 saturated carbocycles. The van der Waals surface area contributed by atoms with Crippen LogP contribution in [0.15, 0.2) is 48.5 Å². The molecule has 1 amide bonds. The van der Waals surface area contributed by atoms with E-state index in [0.29, 0.717) is 38.1 Å². The fourth-order valence-corrected chi connectivity index (χ4v) is 3.07. The molecule has 4 N–H and O–H groups in total. The Morgan fingerprint density at radius 1 is 1.06 bits per heavy atom. The molecule has 0 heterocycles. The van der Waals surface area contributed by atoms with Crippen LogP contribution < -0.4 is 10.6 Å². The minimum absolute atomic E-state index is 0.0354. The van der Waals surface area contributed by atoms with Crippen molar-refractivity contribution in [2.24, 2.45) is 0 Å². The van der Waals surface area contributed by atoms with Gasteiger partial charge in [0, 0.05) is 18.7 Å². The number of benzene rings is 2. The molecule has 2 rings (SSSR count). The summed E-state index contributed by atoms with van der Waals surface area (Å²) in [4.78, 5) is 10.5. The maximum atomic E-state index is 14.0. The Bertz CT molecular complexity index is 790. The molecule has 0 aliphatic heterocycles. The summed E-state index contributed by atoms with van der Waals surface area (Å²) in [5.41, 5.74) is 0.793. The lowest BCUT2D eigenvalue weighted by atomic mass is 10.1. The number of amides is 1. The van der Waals surface area contributed by atoms with Crippen molar-refractivity contribution >= 4 is 12.1 Å². The maximum absolute atomic E-state index is 14.0. The van der Waals surface area contributed by atoms with Crippen molar-refractivity contribution in [3.05, 3.63) is 59.7 Å². The monoisotopic (exact) mass is 436 g/mol. The highest BCUT2D eigenvalue weighted by molar-refractivity contribution is 5.75. The second-order valence-corrected chi connectivity index (χ2v) is 7.30. The first-order chi connectivity index (χ1) is 14.9. The molecule has 0 aliphatic carbocycles. The van der Waals surface area contributed by atoms with Crippen molar-refractivity contribution in [3.63, 3.8) is 0 Å². The third-order valence-electron chi connectivity index (χ3n) is 4.83. The molecule has 0 fully saturated rings. The van der Waals surface area contributed by atoms with E-state index in [-0.39, 0.29) is 17.0 Å². The fourth-order valence-electron chi connectivity index (χ4n) is 3.07. The standard InChI is InChI=1S/C23H30F2N2O4/c24-23(25,19-8-4-3-5-9-19)16-31-13-7-2-1-6-12-26-15-22(30)18-10-11-21(29)20(14-18)27-17-28/h3-5,8-11,14,17,22,26,29-30H,1-2,6-7,12-13,15-16H2,(H,27,28). The molecule has 0 bridgehead atoms. The number of unbranched alkanes of at least 4 members (excludes halogenated alkanes) is 3. The Morgan fingerprint density at radius 2 is 1.81 bits per heavy atom. The van der Waals surface area contributed by atoms with Gasteiger partial charge in [0.1, 0.15) is 12.4 Å². The van der Waals surface area contributed by atoms with E-state index in [2.05, 4.69) is 10.6 Å². The Hall–Kier alpha value is -2.55. The lowest BCUT2D eigenvalue weighted by Crippen LogP contribution is -2.22. The molecule has 170 valence electrons. The summed E-state index contributed by atoms with van der Waals surface area (Å²) >= 11 is 0. The Kier molecular flexibility index (Phi) is 10.4. The average Bonchev–Trinajstić information content (AvgIpc) is 2.77. The summed E-state index contributed by atoms with van der Waals surface area (Å²) in [5, 5.41) is 25.4. The number of anilines is 1. The van der Waals surface area contributed by atoms with Crippen LogP contribution >= 0.6 is 0 Å². The number of aliphatic hydroxyl groups is 1. The zero-order chi connectivity index (χ0) is 22.5. The van der Waals surface area contributed by atoms with E-state index in [9.17, 15) is 23.8 Å². The van der Waals surface area contributed by atoms with E-state index < -0.39 is 18.6 Å². The third-order valence-corrected chi connectivity index (χ3v) is 4.83. The van der Waals surface area contributed by atoms with Gasteiger partial charge in [-0.2, -0.15) is 8.78 Å². The second kappa shape index (κ2) is 13.0. The average molecular weight is 436 g/mol. The predicted molar refractivity (Wildman–Crippen MR) is 115 cm³/mol. The molecule has 0 radical (unpaired) electrons. The number of hydrogen-bond donors (Lipinski definition) is 4. The maximum Gasteiger partial charge on any atom is 0.296 e. The number of ether oxygens (including phenoxy) is 1. The SMILES string of the molecule is O=CNc1cc(C(O)CNCCCCCCOCC(F)(F)c2ccccc2)ccc1O. The quantitative estimate of drug-likeness (QED) is 0.193. The van der Waals surface area contributed by atoms with Gasteiger partial charge < -0.3 is 25.6 Å². The van der Waals surface area contributed by atoms with Crippen molar-refractivity contribution in [1.82, 2.24) is 5.32 Å². The highest BCUT2D eigenvalue weighted by Crippen LogP contribution is 2.28. The second-order valence-electron chi connectivity index (χ2n) is 7.30. The van der Waals surface area contributed by atoms with Gasteiger partial charge in [-0.3, -0.25) is 4.79 Å². The Balaban J connectivity index is 1.52. The minimum atomic E-state index is -2.98. The number of phenols is 1. The number of alkyl halides is 2. The number of aliphatic hydroxyl groups excluding tert-OH is 1. The van der Waals surface area contributed by atoms with E-state index >= 15 is 0 Å². The van der Waals surface area contributed by atoms with Crippen LogP contribution in [0.5, 0.6) is 5.75 Å². The molecule has 2 aromatic rings.